The molecule has 3 unspecified atom stereocenters. The van der Waals surface area contributed by atoms with Gasteiger partial charge in [-0.1, -0.05) is 30.3 Å². The van der Waals surface area contributed by atoms with Crippen LogP contribution < -0.4 is 16.4 Å². The average molecular weight is 515 g/mol. The van der Waals surface area contributed by atoms with E-state index in [0.717, 1.165) is 24.5 Å². The summed E-state index contributed by atoms with van der Waals surface area (Å²) in [6.07, 6.45) is 3.69. The van der Waals surface area contributed by atoms with Crippen LogP contribution in [-0.4, -0.2) is 47.4 Å². The van der Waals surface area contributed by atoms with Crippen molar-refractivity contribution in [3.05, 3.63) is 71.0 Å². The van der Waals surface area contributed by atoms with Gasteiger partial charge in [-0.05, 0) is 69.2 Å². The quantitative estimate of drug-likeness (QED) is 0.373. The Morgan fingerprint density at radius 1 is 1.03 bits per heavy atom. The Kier molecular flexibility index (Phi) is 6.79. The summed E-state index contributed by atoms with van der Waals surface area (Å²) in [6.45, 7) is 0.373. The van der Waals surface area contributed by atoms with E-state index in [0.29, 0.717) is 38.3 Å². The number of nitrogens with one attached hydrogen (secondary N) is 2. The number of benzene rings is 2. The molecule has 0 radical (unpaired) electrons. The number of amides is 2. The number of piperidine rings is 1. The Morgan fingerprint density at radius 3 is 2.24 bits per heavy atom. The summed E-state index contributed by atoms with van der Waals surface area (Å²) in [5.41, 5.74) is 6.13. The maximum Gasteiger partial charge on any atom is 0.238 e. The van der Waals surface area contributed by atoms with Gasteiger partial charge >= 0.3 is 0 Å². The van der Waals surface area contributed by atoms with Gasteiger partial charge in [-0.2, -0.15) is 0 Å². The van der Waals surface area contributed by atoms with E-state index in [-0.39, 0.29) is 35.9 Å². The van der Waals surface area contributed by atoms with Crippen LogP contribution in [-0.2, 0) is 22.6 Å². The van der Waals surface area contributed by atoms with Crippen molar-refractivity contribution < 1.29 is 22.8 Å². The largest absolute Gasteiger partial charge is 0.351 e. The van der Waals surface area contributed by atoms with Crippen LogP contribution in [0, 0.1) is 22.9 Å². The summed E-state index contributed by atoms with van der Waals surface area (Å²) in [7, 11) is 1.72. The molecule has 2 aliphatic heterocycles. The Hall–Kier alpha value is -2.91. The Labute approximate surface area is 214 Å². The molecular formula is C28H33F3N4O2. The second-order valence-electron chi connectivity index (χ2n) is 10.9. The van der Waals surface area contributed by atoms with Gasteiger partial charge in [0.2, 0.25) is 11.8 Å². The van der Waals surface area contributed by atoms with Crippen LogP contribution in [0.4, 0.5) is 13.2 Å². The number of nitrogens with two attached hydrogens (primary N) is 1. The number of halogens is 3. The molecule has 1 aliphatic carbocycles. The van der Waals surface area contributed by atoms with Gasteiger partial charge in [0.15, 0.2) is 11.6 Å². The van der Waals surface area contributed by atoms with Gasteiger partial charge in [-0.3, -0.25) is 9.59 Å². The van der Waals surface area contributed by atoms with Crippen LogP contribution in [0.2, 0.25) is 0 Å². The molecule has 9 heteroatoms. The van der Waals surface area contributed by atoms with Gasteiger partial charge < -0.3 is 21.3 Å². The van der Waals surface area contributed by atoms with Crippen LogP contribution in [0.1, 0.15) is 49.7 Å². The normalized spacial score (nSPS) is 26.6. The Balaban J connectivity index is 1.28. The zero-order chi connectivity index (χ0) is 26.4. The molecular weight excluding hydrogens is 481 g/mol. The fraction of sp³-hybridized carbons (Fsp3) is 0.500. The fourth-order valence-electron chi connectivity index (χ4n) is 6.33. The lowest BCUT2D eigenvalue weighted by Crippen LogP contribution is -2.66. The van der Waals surface area contributed by atoms with Gasteiger partial charge in [-0.15, -0.1) is 0 Å². The van der Waals surface area contributed by atoms with Gasteiger partial charge in [0.05, 0.1) is 0 Å². The minimum Gasteiger partial charge on any atom is -0.351 e. The van der Waals surface area contributed by atoms with Crippen LogP contribution in [0.15, 0.2) is 42.5 Å². The lowest BCUT2D eigenvalue weighted by atomic mass is 9.75. The summed E-state index contributed by atoms with van der Waals surface area (Å²) < 4.78 is 41.6. The standard InChI is InChI=1S/C28H33F3N4O2/c1-33-24(12-18-11-22(30)23(31)13-21(18)29)28(32)14-19-7-8-20(15-28)35(19)26(37)27(9-10-27)25(36)34-16-17-5-3-2-4-6-17/h2-6,11,13,19-20,24,33H,7-10,12,14-16,32H2,1H3,(H,34,36). The van der Waals surface area contributed by atoms with Gasteiger partial charge in [-0.25, -0.2) is 13.2 Å². The molecule has 0 aromatic heterocycles. The zero-order valence-corrected chi connectivity index (χ0v) is 20.9. The molecule has 2 amide bonds. The average Bonchev–Trinajstić information content (AvgIpc) is 3.64. The van der Waals surface area contributed by atoms with Crippen molar-refractivity contribution >= 4 is 11.8 Å². The van der Waals surface area contributed by atoms with Crippen molar-refractivity contribution in [3.8, 4) is 0 Å². The minimum atomic E-state index is -1.23. The van der Waals surface area contributed by atoms with Crippen LogP contribution in [0.25, 0.3) is 0 Å². The molecule has 37 heavy (non-hydrogen) atoms. The topological polar surface area (TPSA) is 87.5 Å². The molecule has 3 atom stereocenters. The highest BCUT2D eigenvalue weighted by Crippen LogP contribution is 2.52. The molecule has 3 fully saturated rings. The van der Waals surface area contributed by atoms with Crippen molar-refractivity contribution in [3.63, 3.8) is 0 Å². The fourth-order valence-corrected chi connectivity index (χ4v) is 6.33. The number of hydrogen-bond donors (Lipinski definition) is 3. The second-order valence-corrected chi connectivity index (χ2v) is 10.9. The summed E-state index contributed by atoms with van der Waals surface area (Å²) in [5.74, 6) is -3.49. The van der Waals surface area contributed by atoms with Gasteiger partial charge in [0.25, 0.3) is 0 Å². The molecule has 5 rings (SSSR count). The van der Waals surface area contributed by atoms with E-state index in [1.807, 2.05) is 35.2 Å². The highest BCUT2D eigenvalue weighted by Gasteiger charge is 2.62. The van der Waals surface area contributed by atoms with E-state index in [1.165, 1.54) is 0 Å². The highest BCUT2D eigenvalue weighted by atomic mass is 19.2. The van der Waals surface area contributed by atoms with Crippen LogP contribution in [0.3, 0.4) is 0 Å². The third-order valence-corrected chi connectivity index (χ3v) is 8.53. The second kappa shape index (κ2) is 9.76. The smallest absolute Gasteiger partial charge is 0.238 e. The van der Waals surface area contributed by atoms with Crippen molar-refractivity contribution in [2.45, 2.75) is 75.2 Å². The molecule has 2 heterocycles. The first-order valence-electron chi connectivity index (χ1n) is 12.9. The number of likely N-dealkylation sites (N-methyl/N-ethyl adjacent to an activating group) is 1. The number of fused-ring (bicyclic) bond motifs is 2. The first-order valence-corrected chi connectivity index (χ1v) is 12.9. The lowest BCUT2D eigenvalue weighted by molar-refractivity contribution is -0.148. The summed E-state index contributed by atoms with van der Waals surface area (Å²) in [5, 5.41) is 6.10. The highest BCUT2D eigenvalue weighted by molar-refractivity contribution is 6.08. The van der Waals surface area contributed by atoms with E-state index in [1.54, 1.807) is 7.05 Å². The number of carbonyl (C=O) groups excluding carboxylic acids is 2. The van der Waals surface area contributed by atoms with Crippen molar-refractivity contribution in [2.75, 3.05) is 7.05 Å². The first kappa shape index (κ1) is 25.7. The SMILES string of the molecule is CNC(Cc1cc(F)c(F)cc1F)C1(N)CC2CCC(C1)N2C(=O)C1(C(=O)NCc2ccccc2)CC1. The molecule has 4 N–H and O–H groups in total. The molecule has 3 aliphatic rings. The summed E-state index contributed by atoms with van der Waals surface area (Å²) >= 11 is 0. The molecule has 2 aromatic rings. The van der Waals surface area contributed by atoms with Crippen molar-refractivity contribution in [1.29, 1.82) is 0 Å². The maximum atomic E-state index is 14.4. The lowest BCUT2D eigenvalue weighted by Gasteiger charge is -2.49. The van der Waals surface area contributed by atoms with Crippen molar-refractivity contribution in [1.82, 2.24) is 15.5 Å². The zero-order valence-electron chi connectivity index (χ0n) is 20.9. The number of hydrogen-bond acceptors (Lipinski definition) is 4. The number of carbonyl (C=O) groups is 2. The van der Waals surface area contributed by atoms with E-state index in [2.05, 4.69) is 10.6 Å². The molecule has 2 saturated heterocycles. The Bertz CT molecular complexity index is 1170. The first-order chi connectivity index (χ1) is 17.7. The molecule has 2 bridgehead atoms. The monoisotopic (exact) mass is 514 g/mol. The third-order valence-electron chi connectivity index (χ3n) is 8.53. The third kappa shape index (κ3) is 4.75. The van der Waals surface area contributed by atoms with E-state index in [9.17, 15) is 22.8 Å². The molecule has 6 nitrogen and oxygen atoms in total. The van der Waals surface area contributed by atoms with E-state index >= 15 is 0 Å². The summed E-state index contributed by atoms with van der Waals surface area (Å²) in [4.78, 5) is 28.7. The molecule has 1 saturated carbocycles. The number of rotatable bonds is 8. The predicted octanol–water partition coefficient (Wildman–Crippen LogP) is 3.18. The number of nitrogens with zero attached hydrogens (tertiary/aromatic N) is 1. The van der Waals surface area contributed by atoms with E-state index < -0.39 is 34.4 Å². The maximum absolute atomic E-state index is 14.4. The Morgan fingerprint density at radius 2 is 1.65 bits per heavy atom. The predicted molar refractivity (Wildman–Crippen MR) is 133 cm³/mol. The minimum absolute atomic E-state index is 0.0564. The van der Waals surface area contributed by atoms with Gasteiger partial charge in [0, 0.05) is 36.3 Å². The molecule has 2 aromatic carbocycles. The van der Waals surface area contributed by atoms with Gasteiger partial charge in [0.1, 0.15) is 11.2 Å². The summed E-state index contributed by atoms with van der Waals surface area (Å²) in [6, 6.07) is 10.4. The molecule has 198 valence electrons. The van der Waals surface area contributed by atoms with Crippen molar-refractivity contribution in [2.24, 2.45) is 11.1 Å². The molecule has 0 spiro atoms. The van der Waals surface area contributed by atoms with Crippen LogP contribution >= 0.6 is 0 Å². The van der Waals surface area contributed by atoms with Crippen LogP contribution in [0.5, 0.6) is 0 Å². The van der Waals surface area contributed by atoms with E-state index in [4.69, 9.17) is 5.73 Å².